The summed E-state index contributed by atoms with van der Waals surface area (Å²) in [4.78, 5) is 13.7. The van der Waals surface area contributed by atoms with Crippen molar-refractivity contribution in [2.75, 3.05) is 0 Å². The van der Waals surface area contributed by atoms with E-state index in [-0.39, 0.29) is 0 Å². The Morgan fingerprint density at radius 1 is 1.42 bits per heavy atom. The average Bonchev–Trinajstić information content (AvgIpc) is 2.58. The molecular weight excluding hydrogens is 168 g/mol. The Morgan fingerprint density at radius 3 is 2.75 bits per heavy atom. The minimum absolute atomic E-state index is 0.303. The number of thiophene rings is 1. The van der Waals surface area contributed by atoms with E-state index in [1.165, 1.54) is 4.88 Å². The highest BCUT2D eigenvalue weighted by atomic mass is 32.1. The number of aryl methyl sites for hydroxylation is 1. The second-order valence-electron chi connectivity index (χ2n) is 2.99. The van der Waals surface area contributed by atoms with Crippen molar-refractivity contribution in [2.45, 2.75) is 19.8 Å². The van der Waals surface area contributed by atoms with Crippen LogP contribution in [0, 0.1) is 6.92 Å². The van der Waals surface area contributed by atoms with Crippen LogP contribution in [0.5, 0.6) is 0 Å². The van der Waals surface area contributed by atoms with Gasteiger partial charge in [0.25, 0.3) is 0 Å². The molecule has 2 rings (SSSR count). The Kier molecular flexibility index (Phi) is 1.85. The summed E-state index contributed by atoms with van der Waals surface area (Å²) in [6.07, 6.45) is 3.67. The number of allylic oxidation sites excluding steroid dienone is 2. The van der Waals surface area contributed by atoms with Crippen LogP contribution in [0.2, 0.25) is 0 Å². The van der Waals surface area contributed by atoms with E-state index in [2.05, 4.69) is 13.0 Å². The molecule has 0 unspecified atom stereocenters. The molecule has 1 aromatic rings. The van der Waals surface area contributed by atoms with Crippen LogP contribution in [0.4, 0.5) is 0 Å². The van der Waals surface area contributed by atoms with Gasteiger partial charge in [0.1, 0.15) is 0 Å². The van der Waals surface area contributed by atoms with Gasteiger partial charge in [-0.15, -0.1) is 11.3 Å². The minimum atomic E-state index is 0.303. The predicted molar refractivity (Wildman–Crippen MR) is 51.3 cm³/mol. The molecule has 0 aromatic carbocycles. The Balaban J connectivity index is 2.37. The van der Waals surface area contributed by atoms with Crippen LogP contribution in [0.1, 0.15) is 22.6 Å². The average molecular weight is 178 g/mol. The third-order valence-electron chi connectivity index (χ3n) is 2.03. The van der Waals surface area contributed by atoms with Crippen molar-refractivity contribution in [3.05, 3.63) is 28.0 Å². The predicted octanol–water partition coefficient (Wildman–Crippen LogP) is 2.80. The molecule has 0 amide bonds. The normalized spacial score (nSPS) is 16.8. The zero-order valence-electron chi connectivity index (χ0n) is 6.96. The Hall–Kier alpha value is -0.890. The van der Waals surface area contributed by atoms with Crippen molar-refractivity contribution < 1.29 is 4.79 Å². The first-order valence-electron chi connectivity index (χ1n) is 4.07. The topological polar surface area (TPSA) is 17.1 Å². The lowest BCUT2D eigenvalue weighted by atomic mass is 10.2. The fourth-order valence-electron chi connectivity index (χ4n) is 1.41. The molecule has 0 spiro atoms. The largest absolute Gasteiger partial charge is 0.294 e. The molecule has 0 fully saturated rings. The van der Waals surface area contributed by atoms with Crippen molar-refractivity contribution in [1.82, 2.24) is 0 Å². The highest BCUT2D eigenvalue weighted by Gasteiger charge is 2.17. The van der Waals surface area contributed by atoms with E-state index in [9.17, 15) is 4.79 Å². The Labute approximate surface area is 75.7 Å². The first-order chi connectivity index (χ1) is 5.77. The Morgan fingerprint density at radius 2 is 2.25 bits per heavy atom. The summed E-state index contributed by atoms with van der Waals surface area (Å²) < 4.78 is 0. The highest BCUT2D eigenvalue weighted by Crippen LogP contribution is 2.29. The molecule has 0 aliphatic heterocycles. The molecule has 62 valence electrons. The minimum Gasteiger partial charge on any atom is -0.294 e. The van der Waals surface area contributed by atoms with Gasteiger partial charge in [-0.05, 0) is 25.5 Å². The molecule has 1 aliphatic carbocycles. The Bertz CT molecular complexity index is 346. The van der Waals surface area contributed by atoms with Gasteiger partial charge >= 0.3 is 0 Å². The van der Waals surface area contributed by atoms with Gasteiger partial charge in [-0.2, -0.15) is 0 Å². The second kappa shape index (κ2) is 2.87. The summed E-state index contributed by atoms with van der Waals surface area (Å²) in [5.41, 5.74) is 0.938. The first kappa shape index (κ1) is 7.74. The van der Waals surface area contributed by atoms with Gasteiger partial charge in [0.2, 0.25) is 0 Å². The van der Waals surface area contributed by atoms with Crippen LogP contribution in [-0.2, 0) is 4.79 Å². The molecule has 0 saturated carbocycles. The third-order valence-corrected chi connectivity index (χ3v) is 3.06. The SMILES string of the molecule is Cc1ccc(C2=CCCC2=O)s1. The lowest BCUT2D eigenvalue weighted by Gasteiger charge is -1.93. The molecule has 1 heterocycles. The van der Waals surface area contributed by atoms with Gasteiger partial charge in [0.05, 0.1) is 0 Å². The van der Waals surface area contributed by atoms with Crippen LogP contribution >= 0.6 is 11.3 Å². The highest BCUT2D eigenvalue weighted by molar-refractivity contribution is 7.13. The fraction of sp³-hybridized carbons (Fsp3) is 0.300. The van der Waals surface area contributed by atoms with Crippen molar-refractivity contribution in [1.29, 1.82) is 0 Å². The second-order valence-corrected chi connectivity index (χ2v) is 4.28. The van der Waals surface area contributed by atoms with Crippen LogP contribution in [-0.4, -0.2) is 5.78 Å². The van der Waals surface area contributed by atoms with E-state index in [0.717, 1.165) is 16.9 Å². The molecular formula is C10H10OS. The maximum absolute atomic E-state index is 11.3. The van der Waals surface area contributed by atoms with Gasteiger partial charge < -0.3 is 0 Å². The molecule has 0 atom stereocenters. The molecule has 12 heavy (non-hydrogen) atoms. The van der Waals surface area contributed by atoms with Crippen LogP contribution in [0.25, 0.3) is 5.57 Å². The summed E-state index contributed by atoms with van der Waals surface area (Å²) in [6, 6.07) is 4.10. The molecule has 0 saturated heterocycles. The van der Waals surface area contributed by atoms with Gasteiger partial charge in [-0.1, -0.05) is 6.08 Å². The standard InChI is InChI=1S/C10H10OS/c1-7-5-6-10(12-7)8-3-2-4-9(8)11/h3,5-6H,2,4H2,1H3. The number of hydrogen-bond donors (Lipinski definition) is 0. The summed E-state index contributed by atoms with van der Waals surface area (Å²) in [5, 5.41) is 0. The summed E-state index contributed by atoms with van der Waals surface area (Å²) in [6.45, 7) is 2.06. The number of Topliss-reactive ketones (excluding diaryl/α,β-unsaturated/α-hetero) is 1. The van der Waals surface area contributed by atoms with Crippen molar-refractivity contribution >= 4 is 22.7 Å². The summed E-state index contributed by atoms with van der Waals surface area (Å²) in [7, 11) is 0. The van der Waals surface area contributed by atoms with E-state index < -0.39 is 0 Å². The van der Waals surface area contributed by atoms with Crippen LogP contribution in [0.3, 0.4) is 0 Å². The van der Waals surface area contributed by atoms with Crippen molar-refractivity contribution in [3.8, 4) is 0 Å². The first-order valence-corrected chi connectivity index (χ1v) is 4.89. The van der Waals surface area contributed by atoms with Gasteiger partial charge in [0, 0.05) is 21.7 Å². The molecule has 1 nitrogen and oxygen atoms in total. The fourth-order valence-corrected chi connectivity index (χ4v) is 2.34. The number of ketones is 1. The monoisotopic (exact) mass is 178 g/mol. The molecule has 0 radical (unpaired) electrons. The molecule has 2 heteroatoms. The molecule has 0 N–H and O–H groups in total. The summed E-state index contributed by atoms with van der Waals surface area (Å²) in [5.74, 6) is 0.303. The number of carbonyl (C=O) groups excluding carboxylic acids is 1. The number of carbonyl (C=O) groups is 1. The number of rotatable bonds is 1. The molecule has 1 aromatic heterocycles. The van der Waals surface area contributed by atoms with E-state index in [0.29, 0.717) is 12.2 Å². The third kappa shape index (κ3) is 1.23. The molecule has 1 aliphatic rings. The zero-order valence-corrected chi connectivity index (χ0v) is 7.78. The van der Waals surface area contributed by atoms with E-state index in [4.69, 9.17) is 0 Å². The van der Waals surface area contributed by atoms with E-state index >= 15 is 0 Å². The van der Waals surface area contributed by atoms with E-state index in [1.54, 1.807) is 11.3 Å². The van der Waals surface area contributed by atoms with E-state index in [1.807, 2.05) is 12.1 Å². The quantitative estimate of drug-likeness (QED) is 0.646. The van der Waals surface area contributed by atoms with Gasteiger partial charge in [0.15, 0.2) is 5.78 Å². The van der Waals surface area contributed by atoms with Gasteiger partial charge in [-0.25, -0.2) is 0 Å². The van der Waals surface area contributed by atoms with Gasteiger partial charge in [-0.3, -0.25) is 4.79 Å². The maximum Gasteiger partial charge on any atom is 0.164 e. The van der Waals surface area contributed by atoms with Crippen LogP contribution in [0.15, 0.2) is 18.2 Å². The lowest BCUT2D eigenvalue weighted by Crippen LogP contribution is -1.91. The van der Waals surface area contributed by atoms with Crippen molar-refractivity contribution in [2.24, 2.45) is 0 Å². The van der Waals surface area contributed by atoms with Crippen molar-refractivity contribution in [3.63, 3.8) is 0 Å². The smallest absolute Gasteiger partial charge is 0.164 e. The summed E-state index contributed by atoms with van der Waals surface area (Å²) >= 11 is 1.70. The zero-order chi connectivity index (χ0) is 8.55. The maximum atomic E-state index is 11.3. The van der Waals surface area contributed by atoms with Crippen LogP contribution < -0.4 is 0 Å². The number of hydrogen-bond acceptors (Lipinski definition) is 2. The molecule has 0 bridgehead atoms. The lowest BCUT2D eigenvalue weighted by molar-refractivity contribution is -0.113.